The highest BCUT2D eigenvalue weighted by Gasteiger charge is 1.85. The summed E-state index contributed by atoms with van der Waals surface area (Å²) in [7, 11) is 0. The van der Waals surface area contributed by atoms with Gasteiger partial charge in [0.25, 0.3) is 0 Å². The first kappa shape index (κ1) is 8.19. The third kappa shape index (κ3) is 2.78. The molecule has 0 saturated carbocycles. The molecule has 1 aromatic rings. The first-order chi connectivity index (χ1) is 5.79. The Hall–Kier alpha value is -1.91. The molecular weight excluding hydrogens is 154 g/mol. The van der Waals surface area contributed by atoms with Crippen LogP contribution in [-0.4, -0.2) is 15.8 Å². The van der Waals surface area contributed by atoms with Crippen molar-refractivity contribution in [3.05, 3.63) is 30.9 Å². The molecule has 0 radical (unpaired) electrons. The molecule has 0 aliphatic heterocycles. The summed E-state index contributed by atoms with van der Waals surface area (Å²) in [6.07, 6.45) is 6.04. The number of nitrogens with zero attached hydrogens (tertiary/aromatic N) is 2. The largest absolute Gasteiger partial charge is 0.384 e. The quantitative estimate of drug-likeness (QED) is 0.443. The topological polar surface area (TPSA) is 87.7 Å². The van der Waals surface area contributed by atoms with E-state index in [-0.39, 0.29) is 5.84 Å². The number of nitrogens with one attached hydrogen (secondary N) is 2. The standard InChI is InChI=1S/C7H9N5/c8-6(9)1-4-11-7-2-3-10-5-12-7/h1-5H,(H3,8,9)(H,10,11,12)/b4-1-. The summed E-state index contributed by atoms with van der Waals surface area (Å²) in [6, 6.07) is 1.71. The van der Waals surface area contributed by atoms with Crippen LogP contribution in [0.15, 0.2) is 30.9 Å². The van der Waals surface area contributed by atoms with Crippen LogP contribution in [0, 0.1) is 5.41 Å². The molecule has 0 saturated heterocycles. The Bertz CT molecular complexity index is 279. The van der Waals surface area contributed by atoms with Gasteiger partial charge in [-0.1, -0.05) is 0 Å². The molecule has 1 aromatic heterocycles. The van der Waals surface area contributed by atoms with E-state index in [1.165, 1.54) is 12.4 Å². The van der Waals surface area contributed by atoms with Gasteiger partial charge in [0.2, 0.25) is 0 Å². The summed E-state index contributed by atoms with van der Waals surface area (Å²) in [6.45, 7) is 0. The highest BCUT2D eigenvalue weighted by Crippen LogP contribution is 1.96. The summed E-state index contributed by atoms with van der Waals surface area (Å²) in [4.78, 5) is 7.64. The predicted octanol–water partition coefficient (Wildman–Crippen LogP) is 0.338. The number of hydrogen-bond acceptors (Lipinski definition) is 4. The summed E-state index contributed by atoms with van der Waals surface area (Å²) in [5.74, 6) is 0.666. The van der Waals surface area contributed by atoms with Crippen LogP contribution in [0.4, 0.5) is 5.82 Å². The third-order valence-corrected chi connectivity index (χ3v) is 1.08. The normalized spacial score (nSPS) is 10.0. The zero-order chi connectivity index (χ0) is 8.81. The maximum atomic E-state index is 6.88. The van der Waals surface area contributed by atoms with E-state index in [4.69, 9.17) is 11.1 Å². The first-order valence-electron chi connectivity index (χ1n) is 3.32. The lowest BCUT2D eigenvalue weighted by Gasteiger charge is -1.95. The molecule has 0 spiro atoms. The Morgan fingerprint density at radius 3 is 3.08 bits per heavy atom. The van der Waals surface area contributed by atoms with Crippen molar-refractivity contribution in [3.63, 3.8) is 0 Å². The van der Waals surface area contributed by atoms with Gasteiger partial charge >= 0.3 is 0 Å². The molecule has 4 N–H and O–H groups in total. The third-order valence-electron chi connectivity index (χ3n) is 1.08. The van der Waals surface area contributed by atoms with E-state index in [9.17, 15) is 0 Å². The zero-order valence-electron chi connectivity index (χ0n) is 6.36. The van der Waals surface area contributed by atoms with E-state index in [1.807, 2.05) is 0 Å². The van der Waals surface area contributed by atoms with Crippen molar-refractivity contribution < 1.29 is 0 Å². The average Bonchev–Trinajstić information content (AvgIpc) is 2.05. The highest BCUT2D eigenvalue weighted by molar-refractivity contribution is 5.88. The van der Waals surface area contributed by atoms with Crippen molar-refractivity contribution in [2.75, 3.05) is 5.32 Å². The van der Waals surface area contributed by atoms with Crippen LogP contribution in [0.3, 0.4) is 0 Å². The van der Waals surface area contributed by atoms with Gasteiger partial charge in [0, 0.05) is 12.4 Å². The van der Waals surface area contributed by atoms with Gasteiger partial charge in [-0.05, 0) is 12.1 Å². The number of rotatable bonds is 3. The van der Waals surface area contributed by atoms with Crippen molar-refractivity contribution in [2.24, 2.45) is 5.73 Å². The molecule has 0 aromatic carbocycles. The van der Waals surface area contributed by atoms with E-state index in [0.717, 1.165) is 0 Å². The van der Waals surface area contributed by atoms with Gasteiger partial charge in [0.05, 0.1) is 0 Å². The average molecular weight is 163 g/mol. The second kappa shape index (κ2) is 4.07. The second-order valence-electron chi connectivity index (χ2n) is 2.03. The minimum atomic E-state index is -0.00319. The van der Waals surface area contributed by atoms with Crippen LogP contribution < -0.4 is 11.1 Å². The number of aromatic nitrogens is 2. The Balaban J connectivity index is 2.49. The molecule has 0 bridgehead atoms. The number of nitrogens with two attached hydrogens (primary N) is 1. The molecule has 0 aliphatic carbocycles. The maximum absolute atomic E-state index is 6.88. The van der Waals surface area contributed by atoms with Gasteiger partial charge in [-0.25, -0.2) is 9.97 Å². The lowest BCUT2D eigenvalue weighted by molar-refractivity contribution is 1.17. The summed E-state index contributed by atoms with van der Waals surface area (Å²) in [5.41, 5.74) is 5.08. The Morgan fingerprint density at radius 1 is 1.67 bits per heavy atom. The van der Waals surface area contributed by atoms with E-state index in [1.54, 1.807) is 18.5 Å². The number of hydrogen-bond donors (Lipinski definition) is 3. The van der Waals surface area contributed by atoms with Gasteiger partial charge in [-0.3, -0.25) is 5.41 Å². The first-order valence-corrected chi connectivity index (χ1v) is 3.32. The smallest absolute Gasteiger partial charge is 0.133 e. The lowest BCUT2D eigenvalue weighted by Crippen LogP contribution is -2.05. The molecule has 5 nitrogen and oxygen atoms in total. The van der Waals surface area contributed by atoms with Gasteiger partial charge in [-0.15, -0.1) is 0 Å². The van der Waals surface area contributed by atoms with E-state index >= 15 is 0 Å². The highest BCUT2D eigenvalue weighted by atomic mass is 15.0. The molecule has 0 aliphatic rings. The molecular formula is C7H9N5. The monoisotopic (exact) mass is 163 g/mol. The molecule has 1 heterocycles. The molecule has 12 heavy (non-hydrogen) atoms. The fraction of sp³-hybridized carbons (Fsp3) is 0. The second-order valence-corrected chi connectivity index (χ2v) is 2.03. The van der Waals surface area contributed by atoms with Crippen LogP contribution in [0.25, 0.3) is 0 Å². The zero-order valence-corrected chi connectivity index (χ0v) is 6.36. The summed E-state index contributed by atoms with van der Waals surface area (Å²) >= 11 is 0. The molecule has 0 fully saturated rings. The van der Waals surface area contributed by atoms with Crippen LogP contribution in [0.1, 0.15) is 0 Å². The van der Waals surface area contributed by atoms with Crippen molar-refractivity contribution in [1.29, 1.82) is 5.41 Å². The van der Waals surface area contributed by atoms with Crippen molar-refractivity contribution >= 4 is 11.7 Å². The van der Waals surface area contributed by atoms with Gasteiger partial charge < -0.3 is 11.1 Å². The van der Waals surface area contributed by atoms with Crippen molar-refractivity contribution in [2.45, 2.75) is 0 Å². The molecule has 0 unspecified atom stereocenters. The number of amidine groups is 1. The van der Waals surface area contributed by atoms with Gasteiger partial charge in [-0.2, -0.15) is 0 Å². The number of anilines is 1. The van der Waals surface area contributed by atoms with Crippen LogP contribution >= 0.6 is 0 Å². The molecule has 5 heteroatoms. The fourth-order valence-corrected chi connectivity index (χ4v) is 0.593. The van der Waals surface area contributed by atoms with Gasteiger partial charge in [0.1, 0.15) is 18.0 Å². The summed E-state index contributed by atoms with van der Waals surface area (Å²) in [5, 5.41) is 9.70. The molecule has 0 amide bonds. The van der Waals surface area contributed by atoms with Crippen molar-refractivity contribution in [1.82, 2.24) is 9.97 Å². The minimum absolute atomic E-state index is 0.00319. The molecule has 62 valence electrons. The van der Waals surface area contributed by atoms with E-state index in [2.05, 4.69) is 15.3 Å². The Kier molecular flexibility index (Phi) is 2.78. The predicted molar refractivity (Wildman–Crippen MR) is 46.7 cm³/mol. The SMILES string of the molecule is N=C(N)/C=C\Nc1ccncn1. The Morgan fingerprint density at radius 2 is 2.50 bits per heavy atom. The van der Waals surface area contributed by atoms with Crippen LogP contribution in [-0.2, 0) is 0 Å². The van der Waals surface area contributed by atoms with E-state index < -0.39 is 0 Å². The van der Waals surface area contributed by atoms with Gasteiger partial charge in [0.15, 0.2) is 0 Å². The minimum Gasteiger partial charge on any atom is -0.384 e. The Labute approximate surface area is 69.9 Å². The van der Waals surface area contributed by atoms with Crippen molar-refractivity contribution in [3.8, 4) is 0 Å². The molecule has 1 rings (SSSR count). The van der Waals surface area contributed by atoms with Crippen LogP contribution in [0.5, 0.6) is 0 Å². The maximum Gasteiger partial charge on any atom is 0.133 e. The molecule has 0 atom stereocenters. The lowest BCUT2D eigenvalue weighted by atomic mass is 10.5. The van der Waals surface area contributed by atoms with E-state index in [0.29, 0.717) is 5.82 Å². The van der Waals surface area contributed by atoms with Crippen LogP contribution in [0.2, 0.25) is 0 Å². The fourth-order valence-electron chi connectivity index (χ4n) is 0.593. The summed E-state index contributed by atoms with van der Waals surface area (Å²) < 4.78 is 0.